The molecule has 2 bridgehead atoms. The van der Waals surface area contributed by atoms with E-state index < -0.39 is 58.7 Å². The first kappa shape index (κ1) is 25.8. The lowest BCUT2D eigenvalue weighted by atomic mass is 9.84. The van der Waals surface area contributed by atoms with Gasteiger partial charge in [-0.25, -0.2) is 14.4 Å². The molecular weight excluding hydrogens is 459 g/mol. The van der Waals surface area contributed by atoms with E-state index in [-0.39, 0.29) is 12.8 Å². The van der Waals surface area contributed by atoms with E-state index in [1.165, 1.54) is 18.2 Å². The van der Waals surface area contributed by atoms with Gasteiger partial charge in [0.15, 0.2) is 5.54 Å². The number of benzene rings is 1. The average Bonchev–Trinajstić information content (AvgIpc) is 3.26. The lowest BCUT2D eigenvalue weighted by Crippen LogP contribution is -2.60. The molecule has 1 aromatic carbocycles. The minimum atomic E-state index is -5.18. The number of nitrogens with zero attached hydrogens (tertiary/aromatic N) is 1. The van der Waals surface area contributed by atoms with Crippen molar-refractivity contribution in [1.29, 1.82) is 0 Å². The van der Waals surface area contributed by atoms with Gasteiger partial charge in [-0.2, -0.15) is 13.2 Å². The fraction of sp³-hybridized carbons (Fsp3) is 0.609. The van der Waals surface area contributed by atoms with Crippen LogP contribution in [0.25, 0.3) is 0 Å². The molecule has 4 atom stereocenters. The van der Waals surface area contributed by atoms with Crippen LogP contribution in [0.3, 0.4) is 0 Å². The Labute approximate surface area is 195 Å². The molecule has 3 rings (SSSR count). The normalized spacial score (nSPS) is 26.1. The minimum absolute atomic E-state index is 0.0405. The number of fused-ring (bicyclic) bond motifs is 2. The minimum Gasteiger partial charge on any atom is -0.467 e. The van der Waals surface area contributed by atoms with E-state index >= 15 is 0 Å². The Morgan fingerprint density at radius 3 is 2.18 bits per heavy atom. The van der Waals surface area contributed by atoms with E-state index in [0.29, 0.717) is 6.42 Å². The molecule has 11 heteroatoms. The summed E-state index contributed by atoms with van der Waals surface area (Å²) in [6.07, 6.45) is -7.04. The molecule has 1 amide bonds. The molecule has 0 N–H and O–H groups in total. The van der Waals surface area contributed by atoms with Gasteiger partial charge < -0.3 is 18.9 Å². The molecule has 8 nitrogen and oxygen atoms in total. The largest absolute Gasteiger partial charge is 0.467 e. The van der Waals surface area contributed by atoms with Gasteiger partial charge in [0.05, 0.1) is 7.11 Å². The number of rotatable bonds is 5. The summed E-state index contributed by atoms with van der Waals surface area (Å²) in [4.78, 5) is 40.2. The van der Waals surface area contributed by atoms with Crippen molar-refractivity contribution in [3.8, 4) is 0 Å². The molecule has 34 heavy (non-hydrogen) atoms. The van der Waals surface area contributed by atoms with Crippen LogP contribution in [0.5, 0.6) is 0 Å². The number of alkyl halides is 3. The van der Waals surface area contributed by atoms with Crippen LogP contribution in [0.4, 0.5) is 18.0 Å². The summed E-state index contributed by atoms with van der Waals surface area (Å²) in [5.41, 5.74) is -6.60. The maximum atomic E-state index is 14.3. The van der Waals surface area contributed by atoms with Crippen molar-refractivity contribution in [2.24, 2.45) is 0 Å². The first-order valence-electron chi connectivity index (χ1n) is 10.7. The second kappa shape index (κ2) is 8.75. The molecule has 2 fully saturated rings. The maximum absolute atomic E-state index is 14.3. The fourth-order valence-corrected chi connectivity index (χ4v) is 4.82. The highest BCUT2D eigenvalue weighted by Gasteiger charge is 2.70. The third-order valence-electron chi connectivity index (χ3n) is 6.22. The monoisotopic (exact) mass is 487 g/mol. The van der Waals surface area contributed by atoms with Gasteiger partial charge in [0.1, 0.15) is 11.7 Å². The van der Waals surface area contributed by atoms with Crippen molar-refractivity contribution in [3.63, 3.8) is 0 Å². The van der Waals surface area contributed by atoms with E-state index in [2.05, 4.69) is 0 Å². The van der Waals surface area contributed by atoms with Gasteiger partial charge in [-0.15, -0.1) is 0 Å². The van der Waals surface area contributed by atoms with Crippen molar-refractivity contribution in [3.05, 3.63) is 35.9 Å². The summed E-state index contributed by atoms with van der Waals surface area (Å²) >= 11 is 0. The lowest BCUT2D eigenvalue weighted by Gasteiger charge is -2.38. The van der Waals surface area contributed by atoms with Crippen molar-refractivity contribution in [1.82, 2.24) is 4.90 Å². The molecule has 2 aliphatic heterocycles. The number of amides is 1. The van der Waals surface area contributed by atoms with Crippen LogP contribution in [0, 0.1) is 0 Å². The fourth-order valence-electron chi connectivity index (χ4n) is 4.82. The Kier molecular flexibility index (Phi) is 6.64. The molecule has 0 unspecified atom stereocenters. The van der Waals surface area contributed by atoms with Gasteiger partial charge in [-0.3, -0.25) is 4.90 Å². The van der Waals surface area contributed by atoms with Crippen LogP contribution in [-0.2, 0) is 34.1 Å². The Morgan fingerprint density at radius 2 is 1.68 bits per heavy atom. The number of hydrogen-bond acceptors (Lipinski definition) is 7. The van der Waals surface area contributed by atoms with Crippen LogP contribution < -0.4 is 0 Å². The van der Waals surface area contributed by atoms with Crippen LogP contribution in [-0.4, -0.2) is 66.6 Å². The predicted molar refractivity (Wildman–Crippen MR) is 112 cm³/mol. The summed E-state index contributed by atoms with van der Waals surface area (Å²) in [5, 5.41) is 0. The van der Waals surface area contributed by atoms with Crippen molar-refractivity contribution < 1.29 is 46.5 Å². The number of methoxy groups -OCH3 is 2. The summed E-state index contributed by atoms with van der Waals surface area (Å²) < 4.78 is 63.3. The van der Waals surface area contributed by atoms with E-state index in [4.69, 9.17) is 18.9 Å². The SMILES string of the molecule is COC(=O)[C@]12CC[C@H](C[C@@H]1OC(=O)[C@](OC)(c1ccccc1)C(F)(F)F)N2C(=O)OC(C)(C)C. The Balaban J connectivity index is 2.01. The van der Waals surface area contributed by atoms with E-state index in [0.717, 1.165) is 31.3 Å². The van der Waals surface area contributed by atoms with Gasteiger partial charge in [0.25, 0.3) is 5.60 Å². The van der Waals surface area contributed by atoms with Crippen molar-refractivity contribution in [2.45, 2.75) is 75.1 Å². The number of carbonyl (C=O) groups excluding carboxylic acids is 3. The standard InChI is InChI=1S/C23H28F3NO7/c1-20(2,3)34-19(30)27-15-11-12-21(27,17(28)31-4)16(13-15)33-18(29)22(32-5,23(24,25)26)14-9-7-6-8-10-14/h6-10,15-16H,11-13H2,1-5H3/t15-,16+,21+,22-/m1/s1. The van der Waals surface area contributed by atoms with Crippen LogP contribution in [0.2, 0.25) is 0 Å². The summed E-state index contributed by atoms with van der Waals surface area (Å²) in [5.74, 6) is -2.63. The van der Waals surface area contributed by atoms with E-state index in [9.17, 15) is 27.6 Å². The molecule has 2 heterocycles. The number of ether oxygens (including phenoxy) is 4. The highest BCUT2D eigenvalue weighted by molar-refractivity contribution is 5.90. The second-order valence-electron chi connectivity index (χ2n) is 9.34. The molecule has 1 aromatic rings. The molecule has 188 valence electrons. The number of hydrogen-bond donors (Lipinski definition) is 0. The van der Waals surface area contributed by atoms with Gasteiger partial charge >= 0.3 is 24.2 Å². The molecule has 2 aliphatic rings. The molecule has 0 saturated carbocycles. The summed E-state index contributed by atoms with van der Waals surface area (Å²) in [7, 11) is 1.85. The molecule has 0 radical (unpaired) electrons. The zero-order valence-corrected chi connectivity index (χ0v) is 19.6. The number of carbonyl (C=O) groups is 3. The molecular formula is C23H28F3NO7. The zero-order valence-electron chi connectivity index (χ0n) is 19.6. The average molecular weight is 487 g/mol. The molecule has 0 spiro atoms. The zero-order chi connectivity index (χ0) is 25.5. The molecule has 0 aromatic heterocycles. The summed E-state index contributed by atoms with van der Waals surface area (Å²) in [6.45, 7) is 4.92. The van der Waals surface area contributed by atoms with Gasteiger partial charge in [-0.1, -0.05) is 30.3 Å². The highest BCUT2D eigenvalue weighted by atomic mass is 19.4. The van der Waals surface area contributed by atoms with Gasteiger partial charge in [-0.05, 0) is 33.6 Å². The van der Waals surface area contributed by atoms with Gasteiger partial charge in [0, 0.05) is 25.1 Å². The third-order valence-corrected chi connectivity index (χ3v) is 6.22. The Morgan fingerprint density at radius 1 is 1.06 bits per heavy atom. The first-order valence-corrected chi connectivity index (χ1v) is 10.7. The topological polar surface area (TPSA) is 91.4 Å². The molecule has 2 saturated heterocycles. The first-order chi connectivity index (χ1) is 15.7. The molecule has 0 aliphatic carbocycles. The number of halogens is 3. The van der Waals surface area contributed by atoms with Crippen LogP contribution >= 0.6 is 0 Å². The quantitative estimate of drug-likeness (QED) is 0.462. The second-order valence-corrected chi connectivity index (χ2v) is 9.34. The highest BCUT2D eigenvalue weighted by Crippen LogP contribution is 2.51. The van der Waals surface area contributed by atoms with Crippen LogP contribution in [0.1, 0.15) is 45.6 Å². The van der Waals surface area contributed by atoms with E-state index in [1.807, 2.05) is 0 Å². The van der Waals surface area contributed by atoms with Crippen LogP contribution in [0.15, 0.2) is 30.3 Å². The number of esters is 2. The smallest absolute Gasteiger partial charge is 0.432 e. The van der Waals surface area contributed by atoms with Gasteiger partial charge in [0.2, 0.25) is 0 Å². The maximum Gasteiger partial charge on any atom is 0.432 e. The third kappa shape index (κ3) is 3.99. The summed E-state index contributed by atoms with van der Waals surface area (Å²) in [6, 6.07) is 5.78. The van der Waals surface area contributed by atoms with Crippen molar-refractivity contribution in [2.75, 3.05) is 14.2 Å². The van der Waals surface area contributed by atoms with Crippen molar-refractivity contribution >= 4 is 18.0 Å². The lowest BCUT2D eigenvalue weighted by molar-refractivity contribution is -0.279. The Hall–Kier alpha value is -2.82. The predicted octanol–water partition coefficient (Wildman–Crippen LogP) is 3.72. The Bertz CT molecular complexity index is 946. The van der Waals surface area contributed by atoms with E-state index in [1.54, 1.807) is 20.8 Å².